The fraction of sp³-hybridized carbons (Fsp3) is 0.583. The first kappa shape index (κ1) is 12.0. The molecule has 3 heteroatoms. The Hall–Kier alpha value is -1.09. The average molecular weight is 209 g/mol. The van der Waals surface area contributed by atoms with Crippen molar-refractivity contribution in [3.8, 4) is 5.88 Å². The lowest BCUT2D eigenvalue weighted by atomic mass is 10.1. The van der Waals surface area contributed by atoms with Crippen LogP contribution in [0, 0.1) is 5.92 Å². The molecule has 0 bridgehead atoms. The van der Waals surface area contributed by atoms with Crippen LogP contribution in [0.5, 0.6) is 5.88 Å². The predicted octanol–water partition coefficient (Wildman–Crippen LogP) is 2.39. The molecule has 84 valence electrons. The van der Waals surface area contributed by atoms with Gasteiger partial charge in [-0.25, -0.2) is 4.98 Å². The van der Waals surface area contributed by atoms with Gasteiger partial charge in [-0.3, -0.25) is 0 Å². The van der Waals surface area contributed by atoms with Gasteiger partial charge in [0.1, 0.15) is 0 Å². The van der Waals surface area contributed by atoms with E-state index in [0.717, 1.165) is 12.0 Å². The lowest BCUT2D eigenvalue weighted by molar-refractivity contribution is 0.177. The molecular formula is C12H19NO2. The molecule has 0 aromatic carbocycles. The van der Waals surface area contributed by atoms with Gasteiger partial charge in [0, 0.05) is 11.8 Å². The largest absolute Gasteiger partial charge is 0.474 e. The molecule has 1 aromatic heterocycles. The number of aromatic nitrogens is 1. The summed E-state index contributed by atoms with van der Waals surface area (Å²) < 4.78 is 5.68. The molecule has 1 rings (SSSR count). The van der Waals surface area contributed by atoms with E-state index in [1.165, 1.54) is 0 Å². The molecule has 1 atom stereocenters. The Morgan fingerprint density at radius 2 is 2.13 bits per heavy atom. The van der Waals surface area contributed by atoms with Gasteiger partial charge >= 0.3 is 0 Å². The molecule has 1 N–H and O–H groups in total. The third-order valence-electron chi connectivity index (χ3n) is 2.14. The molecule has 3 nitrogen and oxygen atoms in total. The van der Waals surface area contributed by atoms with Gasteiger partial charge in [-0.15, -0.1) is 0 Å². The molecule has 0 amide bonds. The van der Waals surface area contributed by atoms with Crippen molar-refractivity contribution in [2.24, 2.45) is 5.92 Å². The van der Waals surface area contributed by atoms with E-state index >= 15 is 0 Å². The Labute approximate surface area is 91.1 Å². The lowest BCUT2D eigenvalue weighted by Crippen LogP contribution is -2.16. The van der Waals surface area contributed by atoms with Gasteiger partial charge in [0.05, 0.1) is 12.7 Å². The Balaban J connectivity index is 2.63. The predicted molar refractivity (Wildman–Crippen MR) is 59.7 cm³/mol. The zero-order chi connectivity index (χ0) is 11.3. The van der Waals surface area contributed by atoms with Crippen molar-refractivity contribution in [1.29, 1.82) is 0 Å². The third-order valence-corrected chi connectivity index (χ3v) is 2.14. The van der Waals surface area contributed by atoms with Crippen LogP contribution in [-0.2, 0) is 6.61 Å². The summed E-state index contributed by atoms with van der Waals surface area (Å²) in [5.41, 5.74) is 0.744. The van der Waals surface area contributed by atoms with Crippen LogP contribution in [-0.4, -0.2) is 16.2 Å². The standard InChI is InChI=1S/C12H19NO2/c1-9(2)7-10(3)15-12-11(8-14)5-4-6-13-12/h4-6,9-10,14H,7-8H2,1-3H3. The number of pyridine rings is 1. The van der Waals surface area contributed by atoms with Crippen LogP contribution in [0.2, 0.25) is 0 Å². The second kappa shape index (κ2) is 5.71. The van der Waals surface area contributed by atoms with Crippen molar-refractivity contribution < 1.29 is 9.84 Å². The van der Waals surface area contributed by atoms with Crippen LogP contribution in [0.3, 0.4) is 0 Å². The van der Waals surface area contributed by atoms with Crippen LogP contribution in [0.4, 0.5) is 0 Å². The minimum Gasteiger partial charge on any atom is -0.474 e. The van der Waals surface area contributed by atoms with E-state index in [-0.39, 0.29) is 12.7 Å². The summed E-state index contributed by atoms with van der Waals surface area (Å²) in [5, 5.41) is 9.09. The molecule has 1 unspecified atom stereocenters. The topological polar surface area (TPSA) is 42.4 Å². The van der Waals surface area contributed by atoms with Crippen molar-refractivity contribution >= 4 is 0 Å². The maximum atomic E-state index is 9.09. The summed E-state index contributed by atoms with van der Waals surface area (Å²) in [7, 11) is 0. The smallest absolute Gasteiger partial charge is 0.219 e. The highest BCUT2D eigenvalue weighted by Gasteiger charge is 2.10. The minimum atomic E-state index is -0.0302. The fourth-order valence-electron chi connectivity index (χ4n) is 1.55. The molecule has 1 heterocycles. The molecule has 0 aliphatic heterocycles. The van der Waals surface area contributed by atoms with E-state index in [2.05, 4.69) is 18.8 Å². The van der Waals surface area contributed by atoms with Crippen molar-refractivity contribution in [2.75, 3.05) is 0 Å². The molecule has 0 aliphatic rings. The van der Waals surface area contributed by atoms with Crippen molar-refractivity contribution in [3.63, 3.8) is 0 Å². The van der Waals surface area contributed by atoms with Gasteiger partial charge < -0.3 is 9.84 Å². The van der Waals surface area contributed by atoms with Gasteiger partial charge in [-0.1, -0.05) is 13.8 Å². The number of aliphatic hydroxyl groups excluding tert-OH is 1. The molecule has 1 aromatic rings. The number of rotatable bonds is 5. The molecule has 0 saturated heterocycles. The second-order valence-corrected chi connectivity index (χ2v) is 4.18. The zero-order valence-corrected chi connectivity index (χ0v) is 9.60. The van der Waals surface area contributed by atoms with Gasteiger partial charge in [-0.05, 0) is 31.4 Å². The van der Waals surface area contributed by atoms with E-state index in [4.69, 9.17) is 9.84 Å². The highest BCUT2D eigenvalue weighted by Crippen LogP contribution is 2.17. The van der Waals surface area contributed by atoms with Gasteiger partial charge in [0.25, 0.3) is 0 Å². The summed E-state index contributed by atoms with van der Waals surface area (Å²) >= 11 is 0. The van der Waals surface area contributed by atoms with Crippen LogP contribution in [0.25, 0.3) is 0 Å². The van der Waals surface area contributed by atoms with E-state index < -0.39 is 0 Å². The second-order valence-electron chi connectivity index (χ2n) is 4.18. The van der Waals surface area contributed by atoms with E-state index in [1.54, 1.807) is 12.3 Å². The van der Waals surface area contributed by atoms with Crippen molar-refractivity contribution in [2.45, 2.75) is 39.9 Å². The molecule has 0 aliphatic carbocycles. The molecule has 15 heavy (non-hydrogen) atoms. The van der Waals surface area contributed by atoms with E-state index in [0.29, 0.717) is 11.8 Å². The van der Waals surface area contributed by atoms with Crippen molar-refractivity contribution in [3.05, 3.63) is 23.9 Å². The number of hydrogen-bond donors (Lipinski definition) is 1. The van der Waals surface area contributed by atoms with Gasteiger partial charge in [0.15, 0.2) is 0 Å². The summed E-state index contributed by atoms with van der Waals surface area (Å²) in [6.45, 7) is 6.31. The first-order valence-corrected chi connectivity index (χ1v) is 5.35. The first-order valence-electron chi connectivity index (χ1n) is 5.35. The summed E-state index contributed by atoms with van der Waals surface area (Å²) in [6, 6.07) is 3.62. The Morgan fingerprint density at radius 3 is 2.73 bits per heavy atom. The van der Waals surface area contributed by atoms with Crippen LogP contribution in [0.15, 0.2) is 18.3 Å². The van der Waals surface area contributed by atoms with Gasteiger partial charge in [-0.2, -0.15) is 0 Å². The number of nitrogens with zero attached hydrogens (tertiary/aromatic N) is 1. The third kappa shape index (κ3) is 3.88. The SMILES string of the molecule is CC(C)CC(C)Oc1ncccc1CO. The van der Waals surface area contributed by atoms with E-state index in [9.17, 15) is 0 Å². The number of aliphatic hydroxyl groups is 1. The Kier molecular flexibility index (Phi) is 4.56. The fourth-order valence-corrected chi connectivity index (χ4v) is 1.55. The summed E-state index contributed by atoms with van der Waals surface area (Å²) in [6.07, 6.45) is 2.79. The highest BCUT2D eigenvalue weighted by molar-refractivity contribution is 5.24. The molecule has 0 spiro atoms. The normalized spacial score (nSPS) is 12.9. The lowest BCUT2D eigenvalue weighted by Gasteiger charge is -2.17. The molecule has 0 radical (unpaired) electrons. The van der Waals surface area contributed by atoms with Crippen molar-refractivity contribution in [1.82, 2.24) is 4.98 Å². The van der Waals surface area contributed by atoms with Gasteiger partial charge in [0.2, 0.25) is 5.88 Å². The zero-order valence-electron chi connectivity index (χ0n) is 9.60. The number of hydrogen-bond acceptors (Lipinski definition) is 3. The number of ether oxygens (including phenoxy) is 1. The minimum absolute atomic E-state index is 0.0302. The highest BCUT2D eigenvalue weighted by atomic mass is 16.5. The quantitative estimate of drug-likeness (QED) is 0.809. The Bertz CT molecular complexity index is 299. The van der Waals surface area contributed by atoms with Crippen LogP contribution in [0.1, 0.15) is 32.8 Å². The van der Waals surface area contributed by atoms with E-state index in [1.807, 2.05) is 13.0 Å². The summed E-state index contributed by atoms with van der Waals surface area (Å²) in [4.78, 5) is 4.11. The first-order chi connectivity index (χ1) is 7.13. The average Bonchev–Trinajstić information content (AvgIpc) is 2.17. The monoisotopic (exact) mass is 209 g/mol. The van der Waals surface area contributed by atoms with Crippen LogP contribution >= 0.6 is 0 Å². The Morgan fingerprint density at radius 1 is 1.40 bits per heavy atom. The van der Waals surface area contributed by atoms with Crippen LogP contribution < -0.4 is 4.74 Å². The molecular weight excluding hydrogens is 190 g/mol. The molecule has 0 saturated carbocycles. The molecule has 0 fully saturated rings. The summed E-state index contributed by atoms with van der Waals surface area (Å²) in [5.74, 6) is 1.15. The maximum Gasteiger partial charge on any atom is 0.219 e. The maximum absolute atomic E-state index is 9.09.